The summed E-state index contributed by atoms with van der Waals surface area (Å²) in [6.07, 6.45) is 5.10. The van der Waals surface area contributed by atoms with E-state index in [1.807, 2.05) is 14.1 Å². The van der Waals surface area contributed by atoms with Crippen molar-refractivity contribution in [3.63, 3.8) is 0 Å². The van der Waals surface area contributed by atoms with Gasteiger partial charge in [0.25, 0.3) is 0 Å². The molecule has 0 saturated carbocycles. The first-order valence-electron chi connectivity index (χ1n) is 6.29. The van der Waals surface area contributed by atoms with Gasteiger partial charge in [0.05, 0.1) is 0 Å². The van der Waals surface area contributed by atoms with Crippen LogP contribution in [0.25, 0.3) is 0 Å². The summed E-state index contributed by atoms with van der Waals surface area (Å²) in [6.45, 7) is 2.45. The van der Waals surface area contributed by atoms with E-state index in [2.05, 4.69) is 9.80 Å². The van der Waals surface area contributed by atoms with Gasteiger partial charge in [-0.3, -0.25) is 4.79 Å². The van der Waals surface area contributed by atoms with E-state index in [4.69, 9.17) is 5.73 Å². The van der Waals surface area contributed by atoms with Crippen LogP contribution in [-0.2, 0) is 4.79 Å². The lowest BCUT2D eigenvalue weighted by Crippen LogP contribution is -2.45. The van der Waals surface area contributed by atoms with Crippen molar-refractivity contribution in [1.29, 1.82) is 0 Å². The Hall–Kier alpha value is -0.610. The van der Waals surface area contributed by atoms with Gasteiger partial charge in [-0.2, -0.15) is 0 Å². The Morgan fingerprint density at radius 3 is 2.81 bits per heavy atom. The number of piperidine rings is 1. The third-order valence-corrected chi connectivity index (χ3v) is 3.22. The van der Waals surface area contributed by atoms with Gasteiger partial charge < -0.3 is 15.5 Å². The summed E-state index contributed by atoms with van der Waals surface area (Å²) in [4.78, 5) is 16.2. The quantitative estimate of drug-likeness (QED) is 0.751. The first kappa shape index (κ1) is 13.5. The number of hydrogen-bond donors (Lipinski definition) is 1. The number of nitrogens with two attached hydrogens (primary N) is 1. The summed E-state index contributed by atoms with van der Waals surface area (Å²) in [7, 11) is 4.00. The molecule has 1 atom stereocenters. The van der Waals surface area contributed by atoms with Gasteiger partial charge in [-0.1, -0.05) is 0 Å². The standard InChI is InChI=1S/C12H25N3O/c1-14(2)10-7-12(16)15-9-4-3-5-11(15)6-8-13/h11H,3-10,13H2,1-2H3. The van der Waals surface area contributed by atoms with Crippen molar-refractivity contribution in [2.75, 3.05) is 33.7 Å². The van der Waals surface area contributed by atoms with Crippen LogP contribution in [0.4, 0.5) is 0 Å². The molecule has 4 nitrogen and oxygen atoms in total. The second kappa shape index (κ2) is 6.86. The molecule has 1 heterocycles. The van der Waals surface area contributed by atoms with Crippen LogP contribution in [0, 0.1) is 0 Å². The Morgan fingerprint density at radius 1 is 1.44 bits per heavy atom. The van der Waals surface area contributed by atoms with Gasteiger partial charge in [-0.25, -0.2) is 0 Å². The number of carbonyl (C=O) groups is 1. The monoisotopic (exact) mass is 227 g/mol. The van der Waals surface area contributed by atoms with Crippen LogP contribution in [0.5, 0.6) is 0 Å². The number of rotatable bonds is 5. The van der Waals surface area contributed by atoms with Crippen LogP contribution in [-0.4, -0.2) is 55.5 Å². The number of carbonyl (C=O) groups excluding carboxylic acids is 1. The molecule has 0 aromatic rings. The Balaban J connectivity index is 2.43. The van der Waals surface area contributed by atoms with E-state index in [0.29, 0.717) is 24.9 Å². The van der Waals surface area contributed by atoms with E-state index in [9.17, 15) is 4.79 Å². The van der Waals surface area contributed by atoms with Gasteiger partial charge >= 0.3 is 0 Å². The molecule has 0 aliphatic carbocycles. The molecule has 0 spiro atoms. The van der Waals surface area contributed by atoms with Crippen LogP contribution < -0.4 is 5.73 Å². The first-order chi connectivity index (χ1) is 7.65. The molecule has 4 heteroatoms. The van der Waals surface area contributed by atoms with Crippen LogP contribution in [0.15, 0.2) is 0 Å². The highest BCUT2D eigenvalue weighted by atomic mass is 16.2. The Labute approximate surface area is 98.8 Å². The molecule has 1 rings (SSSR count). The fourth-order valence-electron chi connectivity index (χ4n) is 2.28. The third-order valence-electron chi connectivity index (χ3n) is 3.22. The van der Waals surface area contributed by atoms with Crippen LogP contribution in [0.2, 0.25) is 0 Å². The molecule has 1 fully saturated rings. The van der Waals surface area contributed by atoms with Crippen molar-refractivity contribution < 1.29 is 4.79 Å². The fraction of sp³-hybridized carbons (Fsp3) is 0.917. The highest BCUT2D eigenvalue weighted by Gasteiger charge is 2.25. The zero-order valence-corrected chi connectivity index (χ0v) is 10.6. The minimum absolute atomic E-state index is 0.298. The number of amides is 1. The van der Waals surface area contributed by atoms with E-state index >= 15 is 0 Å². The number of nitrogens with zero attached hydrogens (tertiary/aromatic N) is 2. The van der Waals surface area contributed by atoms with E-state index in [0.717, 1.165) is 32.4 Å². The zero-order valence-electron chi connectivity index (χ0n) is 10.6. The Kier molecular flexibility index (Phi) is 5.77. The Morgan fingerprint density at radius 2 is 2.19 bits per heavy atom. The molecule has 0 bridgehead atoms. The highest BCUT2D eigenvalue weighted by molar-refractivity contribution is 5.76. The second-order valence-electron chi connectivity index (χ2n) is 4.87. The van der Waals surface area contributed by atoms with Crippen molar-refractivity contribution in [3.05, 3.63) is 0 Å². The fourth-order valence-corrected chi connectivity index (χ4v) is 2.28. The first-order valence-corrected chi connectivity index (χ1v) is 6.29. The molecule has 1 amide bonds. The van der Waals surface area contributed by atoms with E-state index in [1.54, 1.807) is 0 Å². The Bertz CT molecular complexity index is 216. The van der Waals surface area contributed by atoms with E-state index in [-0.39, 0.29) is 0 Å². The summed E-state index contributed by atoms with van der Waals surface area (Å²) in [5, 5.41) is 0. The van der Waals surface area contributed by atoms with Crippen LogP contribution in [0.1, 0.15) is 32.1 Å². The average Bonchev–Trinajstić information content (AvgIpc) is 2.27. The van der Waals surface area contributed by atoms with Gasteiger partial charge in [0.15, 0.2) is 0 Å². The van der Waals surface area contributed by atoms with Crippen LogP contribution >= 0.6 is 0 Å². The molecule has 1 aliphatic rings. The second-order valence-corrected chi connectivity index (χ2v) is 4.87. The molecule has 0 radical (unpaired) electrons. The molecule has 1 saturated heterocycles. The SMILES string of the molecule is CN(C)CCC(=O)N1CCCCC1CCN. The summed E-state index contributed by atoms with van der Waals surface area (Å²) in [5.74, 6) is 0.298. The molecular weight excluding hydrogens is 202 g/mol. The van der Waals surface area contributed by atoms with Crippen molar-refractivity contribution in [2.24, 2.45) is 5.73 Å². The van der Waals surface area contributed by atoms with Gasteiger partial charge in [0.1, 0.15) is 0 Å². The smallest absolute Gasteiger partial charge is 0.224 e. The van der Waals surface area contributed by atoms with E-state index in [1.165, 1.54) is 6.42 Å². The molecule has 0 aromatic carbocycles. The van der Waals surface area contributed by atoms with Gasteiger partial charge in [0.2, 0.25) is 5.91 Å². The topological polar surface area (TPSA) is 49.6 Å². The lowest BCUT2D eigenvalue weighted by atomic mass is 9.99. The molecule has 16 heavy (non-hydrogen) atoms. The molecule has 0 aromatic heterocycles. The molecule has 94 valence electrons. The predicted octanol–water partition coefficient (Wildman–Crippen LogP) is 0.668. The predicted molar refractivity (Wildman–Crippen MR) is 66.2 cm³/mol. The molecule has 2 N–H and O–H groups in total. The van der Waals surface area contributed by atoms with Crippen molar-refractivity contribution in [2.45, 2.75) is 38.1 Å². The van der Waals surface area contributed by atoms with Gasteiger partial charge in [-0.05, 0) is 46.3 Å². The lowest BCUT2D eigenvalue weighted by molar-refractivity contribution is -0.135. The highest BCUT2D eigenvalue weighted by Crippen LogP contribution is 2.20. The van der Waals surface area contributed by atoms with Crippen molar-refractivity contribution in [1.82, 2.24) is 9.80 Å². The minimum atomic E-state index is 0.298. The van der Waals surface area contributed by atoms with Crippen molar-refractivity contribution in [3.8, 4) is 0 Å². The largest absolute Gasteiger partial charge is 0.340 e. The van der Waals surface area contributed by atoms with Gasteiger partial charge in [-0.15, -0.1) is 0 Å². The summed E-state index contributed by atoms with van der Waals surface area (Å²) >= 11 is 0. The molecule has 1 unspecified atom stereocenters. The third kappa shape index (κ3) is 4.10. The summed E-state index contributed by atoms with van der Waals surface area (Å²) in [6, 6.07) is 0.397. The maximum atomic E-state index is 12.0. The maximum Gasteiger partial charge on any atom is 0.224 e. The zero-order chi connectivity index (χ0) is 12.0. The van der Waals surface area contributed by atoms with E-state index < -0.39 is 0 Å². The average molecular weight is 227 g/mol. The van der Waals surface area contributed by atoms with Crippen LogP contribution in [0.3, 0.4) is 0 Å². The summed E-state index contributed by atoms with van der Waals surface area (Å²) < 4.78 is 0. The normalized spacial score (nSPS) is 21.5. The number of hydrogen-bond acceptors (Lipinski definition) is 3. The van der Waals surface area contributed by atoms with Gasteiger partial charge in [0, 0.05) is 25.6 Å². The lowest BCUT2D eigenvalue weighted by Gasteiger charge is -2.36. The van der Waals surface area contributed by atoms with Crippen molar-refractivity contribution >= 4 is 5.91 Å². The molecular formula is C12H25N3O. The maximum absolute atomic E-state index is 12.0. The molecule has 1 aliphatic heterocycles. The number of likely N-dealkylation sites (tertiary alicyclic amines) is 1. The summed E-state index contributed by atoms with van der Waals surface area (Å²) in [5.41, 5.74) is 5.60. The minimum Gasteiger partial charge on any atom is -0.340 e.